The molecule has 0 aliphatic heterocycles. The summed E-state index contributed by atoms with van der Waals surface area (Å²) in [5.74, 6) is -0.758. The first-order valence-corrected chi connectivity index (χ1v) is 9.19. The lowest BCUT2D eigenvalue weighted by Gasteiger charge is -2.10. The van der Waals surface area contributed by atoms with Crippen LogP contribution in [0.5, 0.6) is 11.6 Å². The van der Waals surface area contributed by atoms with E-state index in [2.05, 4.69) is 9.97 Å². The number of rotatable bonds is 5. The van der Waals surface area contributed by atoms with Crippen molar-refractivity contribution in [3.8, 4) is 11.6 Å². The van der Waals surface area contributed by atoms with Crippen molar-refractivity contribution >= 4 is 29.2 Å². The standard InChI is InChI=1S/C20H13Cl2F3N2O3/c1-11-26-17(20(23,24)25)9-18(27-11)30-15-6-3-12(4-7-15)19(28)29-10-13-2-5-14(21)8-16(13)22/h2-9H,10H2,1H3. The molecule has 30 heavy (non-hydrogen) atoms. The van der Waals surface area contributed by atoms with E-state index in [1.54, 1.807) is 12.1 Å². The summed E-state index contributed by atoms with van der Waals surface area (Å²) in [6.45, 7) is 1.28. The van der Waals surface area contributed by atoms with Gasteiger partial charge in [-0.15, -0.1) is 0 Å². The van der Waals surface area contributed by atoms with Gasteiger partial charge in [-0.2, -0.15) is 18.2 Å². The van der Waals surface area contributed by atoms with E-state index in [4.69, 9.17) is 32.7 Å². The third kappa shape index (κ3) is 5.61. The lowest BCUT2D eigenvalue weighted by molar-refractivity contribution is -0.141. The summed E-state index contributed by atoms with van der Waals surface area (Å²) in [6.07, 6.45) is -4.62. The van der Waals surface area contributed by atoms with E-state index >= 15 is 0 Å². The minimum atomic E-state index is -4.62. The van der Waals surface area contributed by atoms with Gasteiger partial charge in [-0.25, -0.2) is 9.78 Å². The Morgan fingerprint density at radius 3 is 2.37 bits per heavy atom. The van der Waals surface area contributed by atoms with Gasteiger partial charge in [-0.05, 0) is 43.3 Å². The van der Waals surface area contributed by atoms with E-state index in [-0.39, 0.29) is 29.6 Å². The van der Waals surface area contributed by atoms with Crippen LogP contribution in [0, 0.1) is 6.92 Å². The number of hydrogen-bond acceptors (Lipinski definition) is 5. The summed E-state index contributed by atoms with van der Waals surface area (Å²) >= 11 is 11.9. The van der Waals surface area contributed by atoms with Gasteiger partial charge in [0.2, 0.25) is 5.88 Å². The van der Waals surface area contributed by atoms with Crippen molar-refractivity contribution in [3.05, 3.63) is 81.2 Å². The van der Waals surface area contributed by atoms with Crippen LogP contribution in [-0.4, -0.2) is 15.9 Å². The van der Waals surface area contributed by atoms with Crippen LogP contribution in [-0.2, 0) is 17.5 Å². The molecule has 2 aromatic carbocycles. The number of nitrogens with zero attached hydrogens (tertiary/aromatic N) is 2. The van der Waals surface area contributed by atoms with Crippen molar-refractivity contribution in [2.45, 2.75) is 19.7 Å². The summed E-state index contributed by atoms with van der Waals surface area (Å²) < 4.78 is 49.1. The molecule has 0 N–H and O–H groups in total. The van der Waals surface area contributed by atoms with Gasteiger partial charge in [0.1, 0.15) is 18.2 Å². The van der Waals surface area contributed by atoms with Crippen LogP contribution in [0.15, 0.2) is 48.5 Å². The van der Waals surface area contributed by atoms with Crippen molar-refractivity contribution in [1.82, 2.24) is 9.97 Å². The maximum Gasteiger partial charge on any atom is 0.433 e. The van der Waals surface area contributed by atoms with Crippen molar-refractivity contribution < 1.29 is 27.4 Å². The minimum Gasteiger partial charge on any atom is -0.457 e. The van der Waals surface area contributed by atoms with E-state index in [1.165, 1.54) is 37.3 Å². The number of aromatic nitrogens is 2. The maximum absolute atomic E-state index is 12.9. The van der Waals surface area contributed by atoms with Gasteiger partial charge in [0.15, 0.2) is 5.69 Å². The van der Waals surface area contributed by atoms with Gasteiger partial charge in [-0.3, -0.25) is 0 Å². The van der Waals surface area contributed by atoms with Crippen molar-refractivity contribution in [3.63, 3.8) is 0 Å². The van der Waals surface area contributed by atoms with Crippen LogP contribution >= 0.6 is 23.2 Å². The molecule has 0 aliphatic carbocycles. The molecule has 5 nitrogen and oxygen atoms in total. The highest BCUT2D eigenvalue weighted by molar-refractivity contribution is 6.35. The first kappa shape index (κ1) is 21.9. The molecular formula is C20H13Cl2F3N2O3. The number of carbonyl (C=O) groups is 1. The molecule has 1 aromatic heterocycles. The normalized spacial score (nSPS) is 11.3. The zero-order chi connectivity index (χ0) is 21.9. The third-order valence-corrected chi connectivity index (χ3v) is 4.38. The zero-order valence-corrected chi connectivity index (χ0v) is 16.8. The fraction of sp³-hybridized carbons (Fsp3) is 0.150. The Morgan fingerprint density at radius 1 is 1.03 bits per heavy atom. The number of aryl methyl sites for hydroxylation is 1. The molecule has 10 heteroatoms. The molecule has 156 valence electrons. The average Bonchev–Trinajstić information content (AvgIpc) is 2.66. The molecule has 0 unspecified atom stereocenters. The molecule has 0 fully saturated rings. The minimum absolute atomic E-state index is 0.0481. The van der Waals surface area contributed by atoms with Crippen LogP contribution in [0.2, 0.25) is 10.0 Å². The summed E-state index contributed by atoms with van der Waals surface area (Å²) in [4.78, 5) is 19.4. The number of esters is 1. The highest BCUT2D eigenvalue weighted by Crippen LogP contribution is 2.31. The first-order chi connectivity index (χ1) is 14.1. The van der Waals surface area contributed by atoms with Crippen LogP contribution in [0.25, 0.3) is 0 Å². The number of carbonyl (C=O) groups excluding carboxylic acids is 1. The Bertz CT molecular complexity index is 1070. The molecule has 0 amide bonds. The summed E-state index contributed by atoms with van der Waals surface area (Å²) in [7, 11) is 0. The first-order valence-electron chi connectivity index (χ1n) is 8.43. The van der Waals surface area contributed by atoms with Crippen LogP contribution in [0.3, 0.4) is 0 Å². The molecule has 0 radical (unpaired) electrons. The zero-order valence-electron chi connectivity index (χ0n) is 15.3. The topological polar surface area (TPSA) is 61.3 Å². The Balaban J connectivity index is 1.66. The molecule has 0 saturated heterocycles. The van der Waals surface area contributed by atoms with Crippen LogP contribution in [0.1, 0.15) is 27.4 Å². The molecule has 3 aromatic rings. The quantitative estimate of drug-likeness (QED) is 0.424. The lowest BCUT2D eigenvalue weighted by Crippen LogP contribution is -2.10. The van der Waals surface area contributed by atoms with Gasteiger partial charge in [0, 0.05) is 21.7 Å². The Labute approximate surface area is 179 Å². The van der Waals surface area contributed by atoms with Crippen LogP contribution < -0.4 is 4.74 Å². The summed E-state index contributed by atoms with van der Waals surface area (Å²) in [5.41, 5.74) is -0.290. The predicted molar refractivity (Wildman–Crippen MR) is 104 cm³/mol. The van der Waals surface area contributed by atoms with Crippen molar-refractivity contribution in [1.29, 1.82) is 0 Å². The second kappa shape index (κ2) is 8.89. The summed E-state index contributed by atoms with van der Waals surface area (Å²) in [6, 6.07) is 11.2. The Morgan fingerprint density at radius 2 is 1.73 bits per heavy atom. The van der Waals surface area contributed by atoms with Gasteiger partial charge in [-0.1, -0.05) is 29.3 Å². The molecular weight excluding hydrogens is 444 g/mol. The van der Waals surface area contributed by atoms with Gasteiger partial charge >= 0.3 is 12.1 Å². The van der Waals surface area contributed by atoms with Crippen molar-refractivity contribution in [2.24, 2.45) is 0 Å². The molecule has 0 aliphatic rings. The van der Waals surface area contributed by atoms with Gasteiger partial charge in [0.25, 0.3) is 0 Å². The predicted octanol–water partition coefficient (Wildman–Crippen LogP) is 6.26. The van der Waals surface area contributed by atoms with Crippen LogP contribution in [0.4, 0.5) is 13.2 Å². The number of hydrogen-bond donors (Lipinski definition) is 0. The van der Waals surface area contributed by atoms with Gasteiger partial charge < -0.3 is 9.47 Å². The lowest BCUT2D eigenvalue weighted by atomic mass is 10.2. The Kier molecular flexibility index (Phi) is 6.48. The second-order valence-electron chi connectivity index (χ2n) is 6.07. The van der Waals surface area contributed by atoms with Crippen molar-refractivity contribution in [2.75, 3.05) is 0 Å². The largest absolute Gasteiger partial charge is 0.457 e. The number of benzene rings is 2. The Hall–Kier alpha value is -2.84. The number of halogens is 5. The molecule has 0 bridgehead atoms. The fourth-order valence-corrected chi connectivity index (χ4v) is 2.85. The molecule has 1 heterocycles. The molecule has 0 saturated carbocycles. The van der Waals surface area contributed by atoms with E-state index in [0.717, 1.165) is 0 Å². The second-order valence-corrected chi connectivity index (χ2v) is 6.92. The monoisotopic (exact) mass is 456 g/mol. The van der Waals surface area contributed by atoms with E-state index in [0.29, 0.717) is 21.7 Å². The highest BCUT2D eigenvalue weighted by atomic mass is 35.5. The maximum atomic E-state index is 12.9. The summed E-state index contributed by atoms with van der Waals surface area (Å²) in [5, 5.41) is 0.837. The molecule has 0 spiro atoms. The number of ether oxygens (including phenoxy) is 2. The molecule has 3 rings (SSSR count). The highest BCUT2D eigenvalue weighted by Gasteiger charge is 2.33. The average molecular weight is 457 g/mol. The molecule has 0 atom stereocenters. The van der Waals surface area contributed by atoms with E-state index < -0.39 is 17.8 Å². The van der Waals surface area contributed by atoms with E-state index in [9.17, 15) is 18.0 Å². The fourth-order valence-electron chi connectivity index (χ4n) is 2.38. The van der Waals surface area contributed by atoms with E-state index in [1.807, 2.05) is 0 Å². The third-order valence-electron chi connectivity index (χ3n) is 3.79. The SMILES string of the molecule is Cc1nc(Oc2ccc(C(=O)OCc3ccc(Cl)cc3Cl)cc2)cc(C(F)(F)F)n1. The smallest absolute Gasteiger partial charge is 0.433 e. The number of alkyl halides is 3. The van der Waals surface area contributed by atoms with Gasteiger partial charge in [0.05, 0.1) is 5.56 Å².